The first-order valence-corrected chi connectivity index (χ1v) is 7.05. The maximum absolute atomic E-state index is 13.7. The molecular weight excluding hydrogens is 298 g/mol. The fourth-order valence-corrected chi connectivity index (χ4v) is 3.27. The van der Waals surface area contributed by atoms with Gasteiger partial charge in [-0.1, -0.05) is 6.07 Å². The molecule has 0 aliphatic carbocycles. The highest BCUT2D eigenvalue weighted by molar-refractivity contribution is 5.94. The number of hydrogen-bond acceptors (Lipinski definition) is 2. The Labute approximate surface area is 129 Å². The lowest BCUT2D eigenvalue weighted by Gasteiger charge is -2.38. The third-order valence-electron chi connectivity index (χ3n) is 4.62. The molecule has 0 bridgehead atoms. The Balaban J connectivity index is 0.00000161. The Kier molecular flexibility index (Phi) is 4.84. The van der Waals surface area contributed by atoms with Crippen molar-refractivity contribution in [1.82, 2.24) is 10.2 Å². The van der Waals surface area contributed by atoms with Crippen molar-refractivity contribution in [3.8, 4) is 0 Å². The van der Waals surface area contributed by atoms with E-state index in [1.165, 1.54) is 6.07 Å². The molecule has 1 aromatic rings. The molecule has 3 rings (SSSR count). The van der Waals surface area contributed by atoms with Crippen molar-refractivity contribution in [2.45, 2.75) is 19.3 Å². The minimum absolute atomic E-state index is 0. The van der Waals surface area contributed by atoms with Crippen LogP contribution in [0.1, 0.15) is 29.6 Å². The molecule has 0 saturated carbocycles. The number of nitrogens with one attached hydrogen (secondary N) is 1. The molecule has 116 valence electrons. The number of amides is 1. The van der Waals surface area contributed by atoms with Crippen LogP contribution in [0.5, 0.6) is 0 Å². The van der Waals surface area contributed by atoms with Gasteiger partial charge < -0.3 is 10.2 Å². The van der Waals surface area contributed by atoms with Crippen LogP contribution in [0.15, 0.2) is 18.2 Å². The minimum Gasteiger partial charge on any atom is -0.338 e. The van der Waals surface area contributed by atoms with E-state index in [1.54, 1.807) is 4.90 Å². The predicted molar refractivity (Wildman–Crippen MR) is 78.7 cm³/mol. The summed E-state index contributed by atoms with van der Waals surface area (Å²) < 4.78 is 27.3. The molecule has 0 unspecified atom stereocenters. The van der Waals surface area contributed by atoms with Crippen molar-refractivity contribution in [3.05, 3.63) is 35.4 Å². The molecular formula is C15H19ClF2N2O. The second-order valence-corrected chi connectivity index (χ2v) is 5.82. The molecule has 2 aliphatic rings. The van der Waals surface area contributed by atoms with Gasteiger partial charge in [0.25, 0.3) is 5.91 Å². The van der Waals surface area contributed by atoms with E-state index in [-0.39, 0.29) is 17.8 Å². The van der Waals surface area contributed by atoms with E-state index >= 15 is 0 Å². The Bertz CT molecular complexity index is 502. The lowest BCUT2D eigenvalue weighted by atomic mass is 9.78. The molecule has 1 spiro atoms. The van der Waals surface area contributed by atoms with Gasteiger partial charge in [0.1, 0.15) is 17.2 Å². The van der Waals surface area contributed by atoms with Crippen LogP contribution < -0.4 is 5.32 Å². The van der Waals surface area contributed by atoms with Gasteiger partial charge in [-0.15, -0.1) is 12.4 Å². The maximum Gasteiger partial charge on any atom is 0.259 e. The zero-order chi connectivity index (χ0) is 14.2. The first-order chi connectivity index (χ1) is 9.61. The zero-order valence-corrected chi connectivity index (χ0v) is 12.5. The standard InChI is InChI=1S/C15H18F2N2O.ClH/c16-11-2-1-3-12(17)13(11)14(20)19-8-5-15(6-9-19)4-7-18-10-15;/h1-3,18H,4-10H2;1H. The van der Waals surface area contributed by atoms with E-state index in [1.807, 2.05) is 0 Å². The Morgan fingerprint density at radius 1 is 1.14 bits per heavy atom. The van der Waals surface area contributed by atoms with Crippen LogP contribution >= 0.6 is 12.4 Å². The summed E-state index contributed by atoms with van der Waals surface area (Å²) in [4.78, 5) is 13.8. The number of benzene rings is 1. The quantitative estimate of drug-likeness (QED) is 0.864. The Morgan fingerprint density at radius 2 is 1.76 bits per heavy atom. The summed E-state index contributed by atoms with van der Waals surface area (Å²) in [5.41, 5.74) is -0.141. The molecule has 2 fully saturated rings. The second-order valence-electron chi connectivity index (χ2n) is 5.82. The Hall–Kier alpha value is -1.20. The second kappa shape index (κ2) is 6.28. The highest BCUT2D eigenvalue weighted by Gasteiger charge is 2.38. The third kappa shape index (κ3) is 3.04. The lowest BCUT2D eigenvalue weighted by Crippen LogP contribution is -2.44. The largest absolute Gasteiger partial charge is 0.338 e. The molecule has 21 heavy (non-hydrogen) atoms. The summed E-state index contributed by atoms with van der Waals surface area (Å²) in [7, 11) is 0. The van der Waals surface area contributed by atoms with Gasteiger partial charge in [-0.05, 0) is 43.4 Å². The van der Waals surface area contributed by atoms with E-state index in [0.717, 1.165) is 44.5 Å². The number of nitrogens with zero attached hydrogens (tertiary/aromatic N) is 1. The molecule has 2 aliphatic heterocycles. The fourth-order valence-electron chi connectivity index (χ4n) is 3.27. The first kappa shape index (κ1) is 16.2. The fraction of sp³-hybridized carbons (Fsp3) is 0.533. The summed E-state index contributed by atoms with van der Waals surface area (Å²) in [5, 5.41) is 3.35. The van der Waals surface area contributed by atoms with E-state index < -0.39 is 23.1 Å². The third-order valence-corrected chi connectivity index (χ3v) is 4.62. The number of carbonyl (C=O) groups is 1. The summed E-state index contributed by atoms with van der Waals surface area (Å²) in [6.45, 7) is 3.17. The normalized spacial score (nSPS) is 20.4. The van der Waals surface area contributed by atoms with Crippen LogP contribution in [0.3, 0.4) is 0 Å². The smallest absolute Gasteiger partial charge is 0.259 e. The van der Waals surface area contributed by atoms with Crippen LogP contribution in [-0.4, -0.2) is 37.0 Å². The number of likely N-dealkylation sites (tertiary alicyclic amines) is 1. The summed E-state index contributed by atoms with van der Waals surface area (Å²) >= 11 is 0. The van der Waals surface area contributed by atoms with E-state index in [4.69, 9.17) is 0 Å². The van der Waals surface area contributed by atoms with Gasteiger partial charge in [-0.3, -0.25) is 4.79 Å². The average molecular weight is 317 g/mol. The number of carbonyl (C=O) groups excluding carboxylic acids is 1. The van der Waals surface area contributed by atoms with Crippen molar-refractivity contribution in [1.29, 1.82) is 0 Å². The van der Waals surface area contributed by atoms with Gasteiger partial charge in [0.2, 0.25) is 0 Å². The molecule has 2 heterocycles. The van der Waals surface area contributed by atoms with Gasteiger partial charge in [0, 0.05) is 19.6 Å². The van der Waals surface area contributed by atoms with Crippen molar-refractivity contribution in [2.24, 2.45) is 5.41 Å². The van der Waals surface area contributed by atoms with Crippen LogP contribution in [0.2, 0.25) is 0 Å². The SMILES string of the molecule is Cl.O=C(c1c(F)cccc1F)N1CCC2(CCNC2)CC1. The van der Waals surface area contributed by atoms with E-state index in [0.29, 0.717) is 13.1 Å². The molecule has 3 nitrogen and oxygen atoms in total. The van der Waals surface area contributed by atoms with Crippen molar-refractivity contribution in [3.63, 3.8) is 0 Å². The molecule has 0 aromatic heterocycles. The van der Waals surface area contributed by atoms with Gasteiger partial charge in [-0.25, -0.2) is 8.78 Å². The lowest BCUT2D eigenvalue weighted by molar-refractivity contribution is 0.0598. The van der Waals surface area contributed by atoms with Crippen LogP contribution in [0, 0.1) is 17.0 Å². The summed E-state index contributed by atoms with van der Waals surface area (Å²) in [6, 6.07) is 3.53. The molecule has 0 atom stereocenters. The molecule has 6 heteroatoms. The molecule has 1 aromatic carbocycles. The zero-order valence-electron chi connectivity index (χ0n) is 11.7. The van der Waals surface area contributed by atoms with E-state index in [9.17, 15) is 13.6 Å². The maximum atomic E-state index is 13.7. The number of rotatable bonds is 1. The van der Waals surface area contributed by atoms with Gasteiger partial charge in [0.05, 0.1) is 0 Å². The van der Waals surface area contributed by atoms with Crippen LogP contribution in [-0.2, 0) is 0 Å². The monoisotopic (exact) mass is 316 g/mol. The summed E-state index contributed by atoms with van der Waals surface area (Å²) in [5.74, 6) is -2.09. The van der Waals surface area contributed by atoms with E-state index in [2.05, 4.69) is 5.32 Å². The number of hydrogen-bond donors (Lipinski definition) is 1. The van der Waals surface area contributed by atoms with Gasteiger partial charge in [0.15, 0.2) is 0 Å². The predicted octanol–water partition coefficient (Wildman–Crippen LogP) is 2.60. The first-order valence-electron chi connectivity index (χ1n) is 7.05. The molecule has 2 saturated heterocycles. The topological polar surface area (TPSA) is 32.3 Å². The Morgan fingerprint density at radius 3 is 2.29 bits per heavy atom. The van der Waals surface area contributed by atoms with Gasteiger partial charge >= 0.3 is 0 Å². The highest BCUT2D eigenvalue weighted by atomic mass is 35.5. The van der Waals surface area contributed by atoms with Gasteiger partial charge in [-0.2, -0.15) is 0 Å². The molecule has 0 radical (unpaired) electrons. The average Bonchev–Trinajstić information content (AvgIpc) is 2.87. The van der Waals surface area contributed by atoms with Crippen molar-refractivity contribution in [2.75, 3.05) is 26.2 Å². The molecule has 1 N–H and O–H groups in total. The number of piperidine rings is 1. The molecule has 1 amide bonds. The minimum atomic E-state index is -0.780. The van der Waals surface area contributed by atoms with Crippen LogP contribution in [0.4, 0.5) is 8.78 Å². The van der Waals surface area contributed by atoms with Crippen LogP contribution in [0.25, 0.3) is 0 Å². The van der Waals surface area contributed by atoms with Crippen molar-refractivity contribution < 1.29 is 13.6 Å². The van der Waals surface area contributed by atoms with Crippen molar-refractivity contribution >= 4 is 18.3 Å². The highest BCUT2D eigenvalue weighted by Crippen LogP contribution is 2.37. The summed E-state index contributed by atoms with van der Waals surface area (Å²) in [6.07, 6.45) is 2.94. The number of halogens is 3.